The first-order valence-corrected chi connectivity index (χ1v) is 7.76. The van der Waals surface area contributed by atoms with Crippen molar-refractivity contribution in [2.45, 2.75) is 32.3 Å². The first-order chi connectivity index (χ1) is 10.1. The van der Waals surface area contributed by atoms with Crippen molar-refractivity contribution in [1.82, 2.24) is 4.90 Å². The molecule has 4 nitrogen and oxygen atoms in total. The minimum atomic E-state index is 0. The standard InChI is InChI=1S/C17H26N2O2.ClH/c1-13(2)21-9-8-17(20)19-11-15(10-18)16(12-19)14-6-4-3-5-7-14;/h3-7,13,15-16H,8-12,18H2,1-2H3;1H/t15-,16+;/m1./s1. The highest BCUT2D eigenvalue weighted by atomic mass is 35.5. The number of rotatable bonds is 6. The highest BCUT2D eigenvalue weighted by Gasteiger charge is 2.34. The second kappa shape index (κ2) is 9.13. The predicted molar refractivity (Wildman–Crippen MR) is 91.3 cm³/mol. The van der Waals surface area contributed by atoms with E-state index in [2.05, 4.69) is 12.1 Å². The van der Waals surface area contributed by atoms with Gasteiger partial charge in [-0.2, -0.15) is 0 Å². The Bertz CT molecular complexity index is 453. The van der Waals surface area contributed by atoms with E-state index in [0.717, 1.165) is 13.1 Å². The largest absolute Gasteiger partial charge is 0.378 e. The molecule has 22 heavy (non-hydrogen) atoms. The van der Waals surface area contributed by atoms with E-state index in [-0.39, 0.29) is 24.4 Å². The number of hydrogen-bond acceptors (Lipinski definition) is 3. The van der Waals surface area contributed by atoms with Gasteiger partial charge < -0.3 is 15.4 Å². The summed E-state index contributed by atoms with van der Waals surface area (Å²) < 4.78 is 5.46. The first-order valence-electron chi connectivity index (χ1n) is 7.76. The molecule has 1 aliphatic heterocycles. The van der Waals surface area contributed by atoms with Gasteiger partial charge in [-0.05, 0) is 31.9 Å². The number of amides is 1. The monoisotopic (exact) mass is 326 g/mol. The van der Waals surface area contributed by atoms with Crippen LogP contribution in [0.5, 0.6) is 0 Å². The van der Waals surface area contributed by atoms with E-state index in [1.807, 2.05) is 36.9 Å². The Morgan fingerprint density at radius 1 is 1.32 bits per heavy atom. The minimum absolute atomic E-state index is 0. The Hall–Kier alpha value is -1.10. The molecular formula is C17H27ClN2O2. The molecule has 1 saturated heterocycles. The Labute approximate surface area is 139 Å². The zero-order valence-electron chi connectivity index (χ0n) is 13.4. The van der Waals surface area contributed by atoms with Gasteiger partial charge in [0.1, 0.15) is 0 Å². The van der Waals surface area contributed by atoms with Crippen molar-refractivity contribution in [2.75, 3.05) is 26.2 Å². The normalized spacial score (nSPS) is 21.0. The number of carbonyl (C=O) groups is 1. The van der Waals surface area contributed by atoms with Gasteiger partial charge in [-0.15, -0.1) is 12.4 Å². The van der Waals surface area contributed by atoms with Gasteiger partial charge >= 0.3 is 0 Å². The van der Waals surface area contributed by atoms with Crippen LogP contribution in [0, 0.1) is 5.92 Å². The highest BCUT2D eigenvalue weighted by molar-refractivity contribution is 5.85. The maximum Gasteiger partial charge on any atom is 0.224 e. The third-order valence-electron chi connectivity index (χ3n) is 4.09. The van der Waals surface area contributed by atoms with Gasteiger partial charge in [0.25, 0.3) is 0 Å². The topological polar surface area (TPSA) is 55.6 Å². The molecule has 0 aliphatic carbocycles. The van der Waals surface area contributed by atoms with Crippen LogP contribution in [0.2, 0.25) is 0 Å². The molecule has 2 N–H and O–H groups in total. The Morgan fingerprint density at radius 3 is 2.59 bits per heavy atom. The molecule has 2 rings (SSSR count). The van der Waals surface area contributed by atoms with Crippen molar-refractivity contribution < 1.29 is 9.53 Å². The Balaban J connectivity index is 0.00000242. The lowest BCUT2D eigenvalue weighted by Gasteiger charge is -2.17. The van der Waals surface area contributed by atoms with Crippen LogP contribution in [0.3, 0.4) is 0 Å². The zero-order valence-corrected chi connectivity index (χ0v) is 14.2. The fourth-order valence-electron chi connectivity index (χ4n) is 2.93. The molecule has 0 saturated carbocycles. The maximum absolute atomic E-state index is 12.3. The van der Waals surface area contributed by atoms with Crippen LogP contribution >= 0.6 is 12.4 Å². The molecule has 1 fully saturated rings. The van der Waals surface area contributed by atoms with Crippen molar-refractivity contribution in [3.05, 3.63) is 35.9 Å². The van der Waals surface area contributed by atoms with Gasteiger partial charge in [0.05, 0.1) is 19.1 Å². The molecule has 1 amide bonds. The third kappa shape index (κ3) is 4.97. The summed E-state index contributed by atoms with van der Waals surface area (Å²) >= 11 is 0. The van der Waals surface area contributed by atoms with Crippen LogP contribution in [0.1, 0.15) is 31.7 Å². The van der Waals surface area contributed by atoms with E-state index in [0.29, 0.717) is 31.4 Å². The van der Waals surface area contributed by atoms with Crippen molar-refractivity contribution in [3.63, 3.8) is 0 Å². The molecule has 0 spiro atoms. The average molecular weight is 327 g/mol. The quantitative estimate of drug-likeness (QED) is 0.873. The molecular weight excluding hydrogens is 300 g/mol. The molecule has 0 aromatic heterocycles. The summed E-state index contributed by atoms with van der Waals surface area (Å²) in [5.74, 6) is 0.876. The van der Waals surface area contributed by atoms with E-state index >= 15 is 0 Å². The summed E-state index contributed by atoms with van der Waals surface area (Å²) in [7, 11) is 0. The van der Waals surface area contributed by atoms with Crippen LogP contribution in [-0.4, -0.2) is 43.2 Å². The number of hydrogen-bond donors (Lipinski definition) is 1. The van der Waals surface area contributed by atoms with Crippen LogP contribution < -0.4 is 5.73 Å². The van der Waals surface area contributed by atoms with Gasteiger partial charge in [-0.3, -0.25) is 4.79 Å². The SMILES string of the molecule is CC(C)OCCC(=O)N1C[C@@H](CN)[C@H](c2ccccc2)C1.Cl. The summed E-state index contributed by atoms with van der Waals surface area (Å²) in [6, 6.07) is 10.4. The van der Waals surface area contributed by atoms with Gasteiger partial charge in [0, 0.05) is 19.0 Å². The van der Waals surface area contributed by atoms with Gasteiger partial charge in [-0.25, -0.2) is 0 Å². The second-order valence-corrected chi connectivity index (χ2v) is 5.98. The molecule has 1 aliphatic rings. The lowest BCUT2D eigenvalue weighted by molar-refractivity contribution is -0.131. The van der Waals surface area contributed by atoms with Crippen LogP contribution in [0.15, 0.2) is 30.3 Å². The average Bonchev–Trinajstić information content (AvgIpc) is 2.92. The first kappa shape index (κ1) is 18.9. The molecule has 124 valence electrons. The Morgan fingerprint density at radius 2 is 2.00 bits per heavy atom. The second-order valence-electron chi connectivity index (χ2n) is 5.98. The number of nitrogens with two attached hydrogens (primary N) is 1. The summed E-state index contributed by atoms with van der Waals surface area (Å²) in [5.41, 5.74) is 7.18. The molecule has 0 unspecified atom stereocenters. The van der Waals surface area contributed by atoms with Crippen molar-refractivity contribution in [3.8, 4) is 0 Å². The van der Waals surface area contributed by atoms with E-state index in [1.165, 1.54) is 5.56 Å². The van der Waals surface area contributed by atoms with Crippen LogP contribution in [0.25, 0.3) is 0 Å². The predicted octanol–water partition coefficient (Wildman–Crippen LogP) is 2.42. The third-order valence-corrected chi connectivity index (χ3v) is 4.09. The van der Waals surface area contributed by atoms with Crippen molar-refractivity contribution in [2.24, 2.45) is 11.7 Å². The molecule has 0 bridgehead atoms. The highest BCUT2D eigenvalue weighted by Crippen LogP contribution is 2.32. The fourth-order valence-corrected chi connectivity index (χ4v) is 2.93. The van der Waals surface area contributed by atoms with Gasteiger partial charge in [0.15, 0.2) is 0 Å². The van der Waals surface area contributed by atoms with E-state index in [9.17, 15) is 4.79 Å². The lowest BCUT2D eigenvalue weighted by atomic mass is 9.89. The van der Waals surface area contributed by atoms with Gasteiger partial charge in [0.2, 0.25) is 5.91 Å². The zero-order chi connectivity index (χ0) is 15.2. The van der Waals surface area contributed by atoms with Crippen LogP contribution in [-0.2, 0) is 9.53 Å². The van der Waals surface area contributed by atoms with Gasteiger partial charge in [-0.1, -0.05) is 30.3 Å². The fraction of sp³-hybridized carbons (Fsp3) is 0.588. The van der Waals surface area contributed by atoms with Crippen molar-refractivity contribution >= 4 is 18.3 Å². The minimum Gasteiger partial charge on any atom is -0.378 e. The smallest absolute Gasteiger partial charge is 0.224 e. The number of likely N-dealkylation sites (tertiary alicyclic amines) is 1. The molecule has 2 atom stereocenters. The van der Waals surface area contributed by atoms with E-state index < -0.39 is 0 Å². The van der Waals surface area contributed by atoms with Crippen LogP contribution in [0.4, 0.5) is 0 Å². The number of benzene rings is 1. The number of carbonyl (C=O) groups excluding carboxylic acids is 1. The molecule has 1 heterocycles. The maximum atomic E-state index is 12.3. The summed E-state index contributed by atoms with van der Waals surface area (Å²) in [4.78, 5) is 14.2. The lowest BCUT2D eigenvalue weighted by Crippen LogP contribution is -2.30. The number of ether oxygens (including phenoxy) is 1. The van der Waals surface area contributed by atoms with E-state index in [4.69, 9.17) is 10.5 Å². The molecule has 0 radical (unpaired) electrons. The Kier molecular flexibility index (Phi) is 7.87. The van der Waals surface area contributed by atoms with Crippen molar-refractivity contribution in [1.29, 1.82) is 0 Å². The molecule has 1 aromatic rings. The molecule has 1 aromatic carbocycles. The number of nitrogens with zero attached hydrogens (tertiary/aromatic N) is 1. The molecule has 5 heteroatoms. The summed E-state index contributed by atoms with van der Waals surface area (Å²) in [5, 5.41) is 0. The van der Waals surface area contributed by atoms with E-state index in [1.54, 1.807) is 0 Å². The summed E-state index contributed by atoms with van der Waals surface area (Å²) in [6.45, 7) is 6.61. The summed E-state index contributed by atoms with van der Waals surface area (Å²) in [6.07, 6.45) is 0.627. The number of halogens is 1.